The van der Waals surface area contributed by atoms with E-state index in [2.05, 4.69) is 136 Å². The van der Waals surface area contributed by atoms with Crippen molar-refractivity contribution in [3.05, 3.63) is 154 Å². The molecule has 3 aliphatic rings. The van der Waals surface area contributed by atoms with E-state index in [9.17, 15) is 0 Å². The summed E-state index contributed by atoms with van der Waals surface area (Å²) >= 11 is 0. The molecule has 6 rings (SSSR count). The van der Waals surface area contributed by atoms with Gasteiger partial charge in [-0.1, -0.05) is 126 Å². The van der Waals surface area contributed by atoms with Crippen molar-refractivity contribution >= 4 is 11.1 Å². The fourth-order valence-electron chi connectivity index (χ4n) is 6.33. The topological polar surface area (TPSA) is 0 Å². The summed E-state index contributed by atoms with van der Waals surface area (Å²) in [6.07, 6.45) is 15.9. The molecule has 0 aromatic heterocycles. The van der Waals surface area contributed by atoms with Gasteiger partial charge < -0.3 is 0 Å². The molecule has 4 unspecified atom stereocenters. The normalized spacial score (nSPS) is 25.0. The molecular formula is C36H34. The van der Waals surface area contributed by atoms with Crippen molar-refractivity contribution < 1.29 is 0 Å². The molecule has 0 nitrogen and oxygen atoms in total. The Kier molecular flexibility index (Phi) is 5.97. The number of hydrogen-bond donors (Lipinski definition) is 0. The number of rotatable bonds is 4. The molecule has 0 bridgehead atoms. The largest absolute Gasteiger partial charge is 0.0764 e. The molecule has 3 aromatic rings. The summed E-state index contributed by atoms with van der Waals surface area (Å²) in [6, 6.07) is 29.1. The average molecular weight is 467 g/mol. The predicted octanol–water partition coefficient (Wildman–Crippen LogP) is 9.26. The van der Waals surface area contributed by atoms with Crippen LogP contribution in [0, 0.1) is 31.6 Å². The molecule has 0 saturated carbocycles. The molecule has 0 heterocycles. The zero-order valence-corrected chi connectivity index (χ0v) is 21.5. The lowest BCUT2D eigenvalue weighted by Gasteiger charge is -2.33. The summed E-state index contributed by atoms with van der Waals surface area (Å²) in [4.78, 5) is 0. The van der Waals surface area contributed by atoms with Crippen LogP contribution in [0.15, 0.2) is 126 Å². The minimum atomic E-state index is 0.363. The van der Waals surface area contributed by atoms with Crippen molar-refractivity contribution in [3.8, 4) is 0 Å². The van der Waals surface area contributed by atoms with Gasteiger partial charge in [0.25, 0.3) is 0 Å². The van der Waals surface area contributed by atoms with Crippen molar-refractivity contribution in [1.82, 2.24) is 0 Å². The lowest BCUT2D eigenvalue weighted by molar-refractivity contribution is 0.593. The molecule has 0 N–H and O–H groups in total. The first-order valence-electron chi connectivity index (χ1n) is 13.3. The second-order valence-electron chi connectivity index (χ2n) is 10.8. The summed E-state index contributed by atoms with van der Waals surface area (Å²) in [5.41, 5.74) is 12.6. The number of hydrogen-bond acceptors (Lipinski definition) is 0. The molecule has 0 heteroatoms. The van der Waals surface area contributed by atoms with Crippen molar-refractivity contribution in [3.63, 3.8) is 0 Å². The third-order valence-electron chi connectivity index (χ3n) is 8.26. The highest BCUT2D eigenvalue weighted by Gasteiger charge is 2.35. The molecule has 0 fully saturated rings. The van der Waals surface area contributed by atoms with Gasteiger partial charge in [0.1, 0.15) is 0 Å². The van der Waals surface area contributed by atoms with Crippen molar-refractivity contribution in [2.75, 3.05) is 0 Å². The summed E-state index contributed by atoms with van der Waals surface area (Å²) in [7, 11) is 0. The second kappa shape index (κ2) is 9.43. The first-order chi connectivity index (χ1) is 17.6. The van der Waals surface area contributed by atoms with Crippen LogP contribution < -0.4 is 0 Å². The summed E-state index contributed by atoms with van der Waals surface area (Å²) in [6.45, 7) is 6.65. The second-order valence-corrected chi connectivity index (χ2v) is 10.8. The number of allylic oxidation sites excluding steroid dienone is 10. The van der Waals surface area contributed by atoms with E-state index >= 15 is 0 Å². The van der Waals surface area contributed by atoms with Crippen LogP contribution in [0.25, 0.3) is 11.1 Å². The Morgan fingerprint density at radius 1 is 0.667 bits per heavy atom. The van der Waals surface area contributed by atoms with Crippen LogP contribution in [0.3, 0.4) is 0 Å². The smallest absolute Gasteiger partial charge is 0.0128 e. The van der Waals surface area contributed by atoms with Crippen LogP contribution in [0.4, 0.5) is 0 Å². The van der Waals surface area contributed by atoms with Gasteiger partial charge in [0.2, 0.25) is 0 Å². The van der Waals surface area contributed by atoms with Crippen LogP contribution in [-0.2, 0) is 0 Å². The first-order valence-corrected chi connectivity index (χ1v) is 13.3. The van der Waals surface area contributed by atoms with Gasteiger partial charge in [-0.15, -0.1) is 0 Å². The Bertz CT molecular complexity index is 1420. The van der Waals surface area contributed by atoms with Gasteiger partial charge in [-0.3, -0.25) is 0 Å². The molecule has 4 atom stereocenters. The van der Waals surface area contributed by atoms with Gasteiger partial charge in [0.05, 0.1) is 0 Å². The average Bonchev–Trinajstić information content (AvgIpc) is 3.34. The van der Waals surface area contributed by atoms with Crippen molar-refractivity contribution in [1.29, 1.82) is 0 Å². The third kappa shape index (κ3) is 4.26. The van der Waals surface area contributed by atoms with Crippen LogP contribution in [0.1, 0.15) is 47.1 Å². The maximum atomic E-state index is 2.57. The lowest BCUT2D eigenvalue weighted by Crippen LogP contribution is -2.21. The Morgan fingerprint density at radius 2 is 1.42 bits per heavy atom. The van der Waals surface area contributed by atoms with Crippen LogP contribution in [0.5, 0.6) is 0 Å². The minimum absolute atomic E-state index is 0.363. The highest BCUT2D eigenvalue weighted by Crippen LogP contribution is 2.50. The highest BCUT2D eigenvalue weighted by molar-refractivity contribution is 5.77. The van der Waals surface area contributed by atoms with Gasteiger partial charge in [-0.2, -0.15) is 0 Å². The molecule has 0 spiro atoms. The monoisotopic (exact) mass is 466 g/mol. The van der Waals surface area contributed by atoms with Crippen LogP contribution in [-0.4, -0.2) is 0 Å². The van der Waals surface area contributed by atoms with Crippen molar-refractivity contribution in [2.45, 2.75) is 33.1 Å². The molecule has 0 amide bonds. The molecule has 3 aromatic carbocycles. The first kappa shape index (κ1) is 22.8. The van der Waals surface area contributed by atoms with Gasteiger partial charge in [0, 0.05) is 17.8 Å². The van der Waals surface area contributed by atoms with Crippen LogP contribution >= 0.6 is 0 Å². The fraction of sp³-hybridized carbons (Fsp3) is 0.222. The SMILES string of the molecule is CC1=CC2C(c3ccccc3)=CC(C3C=C(c4ccc(C)cc4)CC3c3ccccc3C)=CC2C=C1. The molecule has 3 aliphatic carbocycles. The van der Waals surface area contributed by atoms with E-state index in [4.69, 9.17) is 0 Å². The third-order valence-corrected chi connectivity index (χ3v) is 8.26. The van der Waals surface area contributed by atoms with Gasteiger partial charge in [-0.25, -0.2) is 0 Å². The van der Waals surface area contributed by atoms with E-state index in [0.29, 0.717) is 23.7 Å². The van der Waals surface area contributed by atoms with Gasteiger partial charge in [0.15, 0.2) is 0 Å². The zero-order valence-electron chi connectivity index (χ0n) is 21.5. The quantitative estimate of drug-likeness (QED) is 0.359. The summed E-state index contributed by atoms with van der Waals surface area (Å²) in [5.74, 6) is 1.61. The fourth-order valence-corrected chi connectivity index (χ4v) is 6.33. The highest BCUT2D eigenvalue weighted by atomic mass is 14.4. The molecular weight excluding hydrogens is 432 g/mol. The van der Waals surface area contributed by atoms with Crippen molar-refractivity contribution in [2.24, 2.45) is 17.8 Å². The molecule has 178 valence electrons. The molecule has 0 aliphatic heterocycles. The van der Waals surface area contributed by atoms with Gasteiger partial charge >= 0.3 is 0 Å². The molecule has 0 radical (unpaired) electrons. The van der Waals surface area contributed by atoms with E-state index in [0.717, 1.165) is 6.42 Å². The maximum absolute atomic E-state index is 2.57. The standard InChI is InChI=1S/C36H34/c1-24-13-16-27(17-14-24)30-21-35(36(22-30)32-12-8-7-9-26(32)3)31-20-29-18-15-25(2)19-33(29)34(23-31)28-10-5-4-6-11-28/h4-21,23,29,33,35-36H,22H2,1-3H3. The van der Waals surface area contributed by atoms with E-state index in [-0.39, 0.29) is 0 Å². The maximum Gasteiger partial charge on any atom is 0.0128 e. The lowest BCUT2D eigenvalue weighted by atomic mass is 9.70. The number of fused-ring (bicyclic) bond motifs is 1. The van der Waals surface area contributed by atoms with E-state index in [1.807, 2.05) is 0 Å². The zero-order chi connectivity index (χ0) is 24.6. The number of aryl methyl sites for hydroxylation is 2. The summed E-state index contributed by atoms with van der Waals surface area (Å²) in [5, 5.41) is 0. The Hall–Kier alpha value is -3.64. The minimum Gasteiger partial charge on any atom is -0.0764 e. The van der Waals surface area contributed by atoms with Gasteiger partial charge in [-0.05, 0) is 72.1 Å². The molecule has 36 heavy (non-hydrogen) atoms. The predicted molar refractivity (Wildman–Crippen MR) is 154 cm³/mol. The van der Waals surface area contributed by atoms with E-state index in [1.54, 1.807) is 0 Å². The van der Waals surface area contributed by atoms with Crippen LogP contribution in [0.2, 0.25) is 0 Å². The Morgan fingerprint density at radius 3 is 2.19 bits per heavy atom. The Labute approximate surface area is 216 Å². The van der Waals surface area contributed by atoms with E-state index < -0.39 is 0 Å². The summed E-state index contributed by atoms with van der Waals surface area (Å²) < 4.78 is 0. The van der Waals surface area contributed by atoms with E-state index in [1.165, 1.54) is 50.1 Å². The Balaban J connectivity index is 1.47. The number of benzene rings is 3. The molecule has 0 saturated heterocycles.